The van der Waals surface area contributed by atoms with Gasteiger partial charge in [-0.15, -0.1) is 0 Å². The fraction of sp³-hybridized carbons (Fsp3) is 0.826. The molecule has 0 N–H and O–H groups in total. The lowest BCUT2D eigenvalue weighted by molar-refractivity contribution is -0.175. The monoisotopic (exact) mass is 569 g/mol. The molecule has 4 aliphatic rings. The van der Waals surface area contributed by atoms with Crippen LogP contribution in [0.3, 0.4) is 0 Å². The molecule has 7 unspecified atom stereocenters. The normalized spacial score (nSPS) is 32.1. The first-order chi connectivity index (χ1) is 17.7. The number of carbonyl (C=O) groups is 4. The van der Waals surface area contributed by atoms with Crippen LogP contribution in [0.15, 0.2) is 0 Å². The van der Waals surface area contributed by atoms with Gasteiger partial charge in [-0.2, -0.15) is 8.78 Å². The number of ether oxygens (including phenoxy) is 4. The van der Waals surface area contributed by atoms with Gasteiger partial charge >= 0.3 is 29.1 Å². The summed E-state index contributed by atoms with van der Waals surface area (Å²) in [6.45, 7) is 0.219. The molecule has 3 aliphatic carbocycles. The Labute approximate surface area is 216 Å². The minimum atomic E-state index is -6.32. The Morgan fingerprint density at radius 2 is 1.79 bits per heavy atom. The summed E-state index contributed by atoms with van der Waals surface area (Å²) in [4.78, 5) is 49.9. The highest BCUT2D eigenvalue weighted by molar-refractivity contribution is 7.86. The van der Waals surface area contributed by atoms with Crippen molar-refractivity contribution in [3.05, 3.63) is 0 Å². The smallest absolute Gasteiger partial charge is 0.368 e. The Bertz CT molecular complexity index is 1090. The van der Waals surface area contributed by atoms with Crippen molar-refractivity contribution >= 4 is 34.0 Å². The van der Waals surface area contributed by atoms with Crippen molar-refractivity contribution in [2.75, 3.05) is 6.61 Å². The maximum atomic E-state index is 13.4. The van der Waals surface area contributed by atoms with Gasteiger partial charge in [-0.25, -0.2) is 12.8 Å². The van der Waals surface area contributed by atoms with Gasteiger partial charge in [0, 0.05) is 11.8 Å². The number of rotatable bonds is 11. The predicted molar refractivity (Wildman–Crippen MR) is 116 cm³/mol. The van der Waals surface area contributed by atoms with E-state index < -0.39 is 100 Å². The van der Waals surface area contributed by atoms with Gasteiger partial charge in [-0.3, -0.25) is 19.2 Å². The molecule has 0 radical (unpaired) electrons. The average Bonchev–Trinajstić information content (AvgIpc) is 3.59. The Morgan fingerprint density at radius 3 is 2.39 bits per heavy atom. The molecule has 2 bridgehead atoms. The zero-order valence-electron chi connectivity index (χ0n) is 20.4. The first-order valence-electron chi connectivity index (χ1n) is 12.5. The van der Waals surface area contributed by atoms with Crippen molar-refractivity contribution in [1.82, 2.24) is 0 Å². The van der Waals surface area contributed by atoms with Gasteiger partial charge in [0.15, 0.2) is 10.1 Å². The Kier molecular flexibility index (Phi) is 7.73. The van der Waals surface area contributed by atoms with E-state index in [0.717, 1.165) is 25.7 Å². The summed E-state index contributed by atoms with van der Waals surface area (Å²) in [6, 6.07) is 0. The molecular weight excluding hydrogens is 541 g/mol. The second-order valence-corrected chi connectivity index (χ2v) is 11.8. The Balaban J connectivity index is 1.31. The second kappa shape index (κ2) is 10.3. The Morgan fingerprint density at radius 1 is 1.16 bits per heavy atom. The number of fused-ring (bicyclic) bond motifs is 1. The standard InChI is InChI=1S/C23H29F3O11S/c1-2-22(7-3-4-8-22)37-21(30)17-12-9-11-16(17)20(29)36-19(11)18(12)35-15(28)6-5-14(27)34-10-13(24)23(25,26)38(31,32)33/h11-13,16-19H,2-10H2,1H3,(H,31,32,33)/p-1. The fourth-order valence-corrected chi connectivity index (χ4v) is 6.59. The molecule has 0 aromatic carbocycles. The van der Waals surface area contributed by atoms with Crippen LogP contribution in [0.2, 0.25) is 0 Å². The van der Waals surface area contributed by atoms with Crippen molar-refractivity contribution in [1.29, 1.82) is 0 Å². The van der Waals surface area contributed by atoms with Crippen LogP contribution in [0.5, 0.6) is 0 Å². The molecule has 4 fully saturated rings. The van der Waals surface area contributed by atoms with E-state index in [4.69, 9.17) is 14.2 Å². The van der Waals surface area contributed by atoms with E-state index in [1.807, 2.05) is 6.92 Å². The lowest BCUT2D eigenvalue weighted by Gasteiger charge is -2.34. The highest BCUT2D eigenvalue weighted by Gasteiger charge is 2.70. The van der Waals surface area contributed by atoms with Crippen LogP contribution >= 0.6 is 0 Å². The maximum Gasteiger partial charge on any atom is 0.368 e. The summed E-state index contributed by atoms with van der Waals surface area (Å²) in [5.74, 6) is -5.69. The Hall–Kier alpha value is -2.42. The molecule has 0 aromatic heterocycles. The zero-order chi connectivity index (χ0) is 28.0. The first kappa shape index (κ1) is 28.6. The second-order valence-electron chi connectivity index (χ2n) is 10.3. The molecular formula is C23H28F3O11S-. The molecule has 7 atom stereocenters. The molecule has 0 amide bonds. The van der Waals surface area contributed by atoms with Crippen LogP contribution in [-0.2, 0) is 48.2 Å². The van der Waals surface area contributed by atoms with E-state index in [9.17, 15) is 45.3 Å². The maximum absolute atomic E-state index is 13.4. The minimum absolute atomic E-state index is 0.325. The molecule has 38 heavy (non-hydrogen) atoms. The van der Waals surface area contributed by atoms with E-state index in [0.29, 0.717) is 12.8 Å². The third kappa shape index (κ3) is 5.10. The quantitative estimate of drug-likeness (QED) is 0.202. The van der Waals surface area contributed by atoms with Gasteiger partial charge in [-0.1, -0.05) is 6.92 Å². The summed E-state index contributed by atoms with van der Waals surface area (Å²) in [5, 5.41) is -5.29. The van der Waals surface area contributed by atoms with Crippen molar-refractivity contribution in [3.63, 3.8) is 0 Å². The summed E-state index contributed by atoms with van der Waals surface area (Å²) < 4.78 is 91.9. The number of halogens is 3. The number of carbonyl (C=O) groups excluding carboxylic acids is 4. The number of hydrogen-bond acceptors (Lipinski definition) is 11. The summed E-state index contributed by atoms with van der Waals surface area (Å²) in [6.07, 6.45) is -2.24. The lowest BCUT2D eigenvalue weighted by Crippen LogP contribution is -2.45. The van der Waals surface area contributed by atoms with E-state index in [-0.39, 0.29) is 5.92 Å². The topological polar surface area (TPSA) is 162 Å². The first-order valence-corrected chi connectivity index (χ1v) is 13.9. The van der Waals surface area contributed by atoms with Crippen LogP contribution in [-0.4, -0.2) is 72.7 Å². The van der Waals surface area contributed by atoms with Gasteiger partial charge in [-0.05, 0) is 38.5 Å². The fourth-order valence-electron chi connectivity index (χ4n) is 6.20. The highest BCUT2D eigenvalue weighted by atomic mass is 32.2. The molecule has 214 valence electrons. The van der Waals surface area contributed by atoms with Crippen LogP contribution < -0.4 is 0 Å². The van der Waals surface area contributed by atoms with Crippen molar-refractivity contribution < 1.29 is 64.3 Å². The number of alkyl halides is 3. The summed E-state index contributed by atoms with van der Waals surface area (Å²) in [5.41, 5.74) is -0.576. The molecule has 1 saturated heterocycles. The zero-order valence-corrected chi connectivity index (χ0v) is 21.3. The molecule has 3 saturated carbocycles. The molecule has 15 heteroatoms. The van der Waals surface area contributed by atoms with Crippen LogP contribution in [0, 0.1) is 23.7 Å². The van der Waals surface area contributed by atoms with Gasteiger partial charge < -0.3 is 23.5 Å². The van der Waals surface area contributed by atoms with Crippen LogP contribution in [0.1, 0.15) is 58.3 Å². The van der Waals surface area contributed by atoms with Gasteiger partial charge in [0.2, 0.25) is 6.17 Å². The third-order valence-corrected chi connectivity index (χ3v) is 9.11. The van der Waals surface area contributed by atoms with E-state index in [1.165, 1.54) is 0 Å². The predicted octanol–water partition coefficient (Wildman–Crippen LogP) is 1.77. The van der Waals surface area contributed by atoms with E-state index in [1.54, 1.807) is 0 Å². The van der Waals surface area contributed by atoms with E-state index >= 15 is 0 Å². The van der Waals surface area contributed by atoms with E-state index in [2.05, 4.69) is 4.74 Å². The SMILES string of the molecule is CCC1(OC(=O)C2C3CC4C(OC(=O)C42)C3OC(=O)CCC(=O)OCC(F)C(F)(F)S(=O)(=O)[O-])CCCC1. The van der Waals surface area contributed by atoms with Crippen LogP contribution in [0.4, 0.5) is 13.2 Å². The molecule has 0 aromatic rings. The van der Waals surface area contributed by atoms with Crippen LogP contribution in [0.25, 0.3) is 0 Å². The van der Waals surface area contributed by atoms with Gasteiger partial charge in [0.25, 0.3) is 0 Å². The lowest BCUT2D eigenvalue weighted by atomic mass is 9.78. The average molecular weight is 570 g/mol. The van der Waals surface area contributed by atoms with Crippen molar-refractivity contribution in [2.24, 2.45) is 23.7 Å². The van der Waals surface area contributed by atoms with Crippen molar-refractivity contribution in [2.45, 2.75) is 87.5 Å². The molecule has 11 nitrogen and oxygen atoms in total. The summed E-state index contributed by atoms with van der Waals surface area (Å²) in [7, 11) is -6.32. The number of esters is 4. The van der Waals surface area contributed by atoms with Gasteiger partial charge in [0.1, 0.15) is 24.4 Å². The molecule has 0 spiro atoms. The summed E-state index contributed by atoms with van der Waals surface area (Å²) >= 11 is 0. The van der Waals surface area contributed by atoms with Crippen molar-refractivity contribution in [3.8, 4) is 0 Å². The largest absolute Gasteiger partial charge is 0.743 e. The number of hydrogen-bond donors (Lipinski definition) is 0. The van der Waals surface area contributed by atoms with Gasteiger partial charge in [0.05, 0.1) is 24.7 Å². The third-order valence-electron chi connectivity index (χ3n) is 8.18. The molecule has 4 rings (SSSR count). The molecule has 1 heterocycles. The minimum Gasteiger partial charge on any atom is -0.743 e. The highest BCUT2D eigenvalue weighted by Crippen LogP contribution is 2.59. The molecule has 1 aliphatic heterocycles.